The van der Waals surface area contributed by atoms with Crippen molar-refractivity contribution in [3.05, 3.63) is 53.4 Å². The average Bonchev–Trinajstić information content (AvgIpc) is 3.48. The molecule has 148 valence electrons. The van der Waals surface area contributed by atoms with Crippen molar-refractivity contribution >= 4 is 17.6 Å². The molecule has 2 aromatic heterocycles. The van der Waals surface area contributed by atoms with E-state index < -0.39 is 47.4 Å². The Bertz CT molecular complexity index is 1050. The Kier molecular flexibility index (Phi) is 4.34. The van der Waals surface area contributed by atoms with Crippen molar-refractivity contribution in [3.8, 4) is 6.07 Å². The van der Waals surface area contributed by atoms with Gasteiger partial charge in [0.2, 0.25) is 5.95 Å². The van der Waals surface area contributed by atoms with Crippen LogP contribution in [0.5, 0.6) is 0 Å². The molecule has 0 radical (unpaired) electrons. The Morgan fingerprint density at radius 3 is 2.83 bits per heavy atom. The van der Waals surface area contributed by atoms with Gasteiger partial charge in [-0.1, -0.05) is 0 Å². The Hall–Kier alpha value is -3.68. The molecule has 1 saturated carbocycles. The highest BCUT2D eigenvalue weighted by Gasteiger charge is 2.64. The van der Waals surface area contributed by atoms with E-state index in [2.05, 4.69) is 20.3 Å². The number of halogens is 3. The van der Waals surface area contributed by atoms with Crippen LogP contribution in [-0.4, -0.2) is 34.4 Å². The van der Waals surface area contributed by atoms with Crippen LogP contribution in [0, 0.1) is 23.2 Å². The van der Waals surface area contributed by atoms with Gasteiger partial charge in [-0.3, -0.25) is 4.79 Å². The fourth-order valence-electron chi connectivity index (χ4n) is 3.39. The first kappa shape index (κ1) is 18.7. The normalized spacial score (nSPS) is 24.7. The third kappa shape index (κ3) is 3.12. The number of ether oxygens (including phenoxy) is 1. The molecule has 0 aromatic carbocycles. The minimum absolute atomic E-state index is 0.0185. The second-order valence-corrected chi connectivity index (χ2v) is 6.63. The van der Waals surface area contributed by atoms with Gasteiger partial charge in [0, 0.05) is 17.7 Å². The van der Waals surface area contributed by atoms with E-state index in [1.54, 1.807) is 0 Å². The molecule has 1 amide bonds. The van der Waals surface area contributed by atoms with E-state index >= 15 is 0 Å². The number of aliphatic imine (C=N–C) groups is 1. The number of hydrogen-bond acceptors (Lipinski definition) is 7. The zero-order chi connectivity index (χ0) is 20.8. The standard InChI is InChI=1S/C18H13F3N6O2/c19-14-11(18(16(20)21)10-4-13(10)29-17(23)27-18)3-9(7-25-14)26-15(28)12-2-1-8(5-22)6-24-12/h1-3,6-7,10,13,16H,4H2,(H2,23,27)(H,26,28)/t10-,13+,18?/m1/s1. The van der Waals surface area contributed by atoms with E-state index in [1.807, 2.05) is 6.07 Å². The number of nitrogens with zero attached hydrogens (tertiary/aromatic N) is 4. The number of amides is 1. The van der Waals surface area contributed by atoms with E-state index in [9.17, 15) is 18.0 Å². The van der Waals surface area contributed by atoms with E-state index in [4.69, 9.17) is 15.7 Å². The summed E-state index contributed by atoms with van der Waals surface area (Å²) in [5.41, 5.74) is 3.03. The van der Waals surface area contributed by atoms with Gasteiger partial charge in [-0.15, -0.1) is 0 Å². The van der Waals surface area contributed by atoms with Gasteiger partial charge in [0.25, 0.3) is 18.4 Å². The number of carbonyl (C=O) groups is 1. The third-order valence-corrected chi connectivity index (χ3v) is 4.85. The molecule has 3 atom stereocenters. The van der Waals surface area contributed by atoms with Crippen molar-refractivity contribution in [2.75, 3.05) is 5.32 Å². The lowest BCUT2D eigenvalue weighted by Crippen LogP contribution is -2.43. The summed E-state index contributed by atoms with van der Waals surface area (Å²) in [6.07, 6.45) is -1.18. The predicted octanol–water partition coefficient (Wildman–Crippen LogP) is 1.93. The molecular formula is C18H13F3N6O2. The van der Waals surface area contributed by atoms with E-state index in [1.165, 1.54) is 18.3 Å². The highest BCUT2D eigenvalue weighted by Crippen LogP contribution is 2.56. The highest BCUT2D eigenvalue weighted by atomic mass is 19.3. The second-order valence-electron chi connectivity index (χ2n) is 6.63. The Labute approximate surface area is 162 Å². The fourth-order valence-corrected chi connectivity index (χ4v) is 3.39. The number of pyridine rings is 2. The molecule has 1 unspecified atom stereocenters. The van der Waals surface area contributed by atoms with Gasteiger partial charge in [0.1, 0.15) is 17.9 Å². The summed E-state index contributed by atoms with van der Waals surface area (Å²) >= 11 is 0. The van der Waals surface area contributed by atoms with Gasteiger partial charge in [-0.25, -0.2) is 23.7 Å². The van der Waals surface area contributed by atoms with Crippen molar-refractivity contribution in [1.82, 2.24) is 9.97 Å². The number of amidine groups is 1. The maximum absolute atomic E-state index is 14.5. The smallest absolute Gasteiger partial charge is 0.283 e. The number of carbonyl (C=O) groups excluding carboxylic acids is 1. The maximum Gasteiger partial charge on any atom is 0.283 e. The quantitative estimate of drug-likeness (QED) is 0.753. The highest BCUT2D eigenvalue weighted by molar-refractivity contribution is 6.02. The number of hydrogen-bond donors (Lipinski definition) is 2. The largest absolute Gasteiger partial charge is 0.462 e. The molecule has 1 aliphatic carbocycles. The van der Waals surface area contributed by atoms with Crippen LogP contribution in [0.2, 0.25) is 0 Å². The Morgan fingerprint density at radius 1 is 1.38 bits per heavy atom. The summed E-state index contributed by atoms with van der Waals surface area (Å²) in [4.78, 5) is 23.4. The summed E-state index contributed by atoms with van der Waals surface area (Å²) in [7, 11) is 0. The molecule has 0 saturated heterocycles. The Balaban J connectivity index is 1.68. The molecule has 0 bridgehead atoms. The number of nitrogens with two attached hydrogens (primary N) is 1. The van der Waals surface area contributed by atoms with Gasteiger partial charge >= 0.3 is 0 Å². The van der Waals surface area contributed by atoms with Crippen molar-refractivity contribution < 1.29 is 22.7 Å². The molecular weight excluding hydrogens is 389 g/mol. The van der Waals surface area contributed by atoms with Crippen LogP contribution in [0.4, 0.5) is 18.9 Å². The lowest BCUT2D eigenvalue weighted by molar-refractivity contribution is 0.0172. The number of nitrogens with one attached hydrogen (secondary N) is 1. The summed E-state index contributed by atoms with van der Waals surface area (Å²) in [5.74, 6) is -2.57. The minimum atomic E-state index is -3.07. The van der Waals surface area contributed by atoms with Gasteiger partial charge in [-0.05, 0) is 24.6 Å². The molecule has 11 heteroatoms. The molecule has 4 rings (SSSR count). The van der Waals surface area contributed by atoms with Crippen LogP contribution in [0.25, 0.3) is 0 Å². The number of fused-ring (bicyclic) bond motifs is 1. The molecule has 0 spiro atoms. The van der Waals surface area contributed by atoms with Crippen LogP contribution >= 0.6 is 0 Å². The van der Waals surface area contributed by atoms with Gasteiger partial charge in [0.05, 0.1) is 17.4 Å². The summed E-state index contributed by atoms with van der Waals surface area (Å²) < 4.78 is 47.8. The van der Waals surface area contributed by atoms with Gasteiger partial charge in [-0.2, -0.15) is 9.65 Å². The zero-order valence-corrected chi connectivity index (χ0v) is 14.6. The predicted molar refractivity (Wildman–Crippen MR) is 93.4 cm³/mol. The first-order valence-corrected chi connectivity index (χ1v) is 8.49. The van der Waals surface area contributed by atoms with E-state index in [0.29, 0.717) is 0 Å². The lowest BCUT2D eigenvalue weighted by Gasteiger charge is -2.32. The van der Waals surface area contributed by atoms with E-state index in [0.717, 1.165) is 12.3 Å². The molecule has 1 aliphatic heterocycles. The van der Waals surface area contributed by atoms with Crippen LogP contribution in [0.15, 0.2) is 35.6 Å². The number of nitriles is 1. The zero-order valence-electron chi connectivity index (χ0n) is 14.6. The first-order valence-electron chi connectivity index (χ1n) is 8.49. The molecule has 3 N–H and O–H groups in total. The first-order chi connectivity index (χ1) is 13.8. The minimum Gasteiger partial charge on any atom is -0.462 e. The van der Waals surface area contributed by atoms with Crippen LogP contribution in [0.1, 0.15) is 28.0 Å². The molecule has 3 heterocycles. The Morgan fingerprint density at radius 2 is 2.17 bits per heavy atom. The van der Waals surface area contributed by atoms with E-state index in [-0.39, 0.29) is 23.4 Å². The van der Waals surface area contributed by atoms with Crippen molar-refractivity contribution in [2.24, 2.45) is 16.6 Å². The van der Waals surface area contributed by atoms with Crippen molar-refractivity contribution in [2.45, 2.75) is 24.5 Å². The molecule has 8 nitrogen and oxygen atoms in total. The molecule has 1 fully saturated rings. The lowest BCUT2D eigenvalue weighted by atomic mass is 9.85. The average molecular weight is 402 g/mol. The molecule has 2 aromatic rings. The number of anilines is 1. The van der Waals surface area contributed by atoms with Gasteiger partial charge < -0.3 is 15.8 Å². The van der Waals surface area contributed by atoms with Crippen molar-refractivity contribution in [3.63, 3.8) is 0 Å². The van der Waals surface area contributed by atoms with Crippen LogP contribution in [0.3, 0.4) is 0 Å². The molecule has 29 heavy (non-hydrogen) atoms. The third-order valence-electron chi connectivity index (χ3n) is 4.85. The summed E-state index contributed by atoms with van der Waals surface area (Å²) in [6, 6.07) is 5.21. The SMILES string of the molecule is N#Cc1ccc(C(=O)Nc2cnc(F)c(C3(C(F)F)N=C(N)O[C@H]4C[C@H]43)c2)nc1. The van der Waals surface area contributed by atoms with Crippen molar-refractivity contribution in [1.29, 1.82) is 5.26 Å². The van der Waals surface area contributed by atoms with Gasteiger partial charge in [0.15, 0.2) is 5.54 Å². The second kappa shape index (κ2) is 6.73. The number of rotatable bonds is 4. The topological polar surface area (TPSA) is 126 Å². The van der Waals surface area contributed by atoms with Crippen LogP contribution in [-0.2, 0) is 10.3 Å². The summed E-state index contributed by atoms with van der Waals surface area (Å²) in [6.45, 7) is 0. The number of alkyl halides is 2. The number of aromatic nitrogens is 2. The fraction of sp³-hybridized carbons (Fsp3) is 0.278. The monoisotopic (exact) mass is 402 g/mol. The molecule has 2 aliphatic rings. The summed E-state index contributed by atoms with van der Waals surface area (Å²) in [5, 5.41) is 11.2. The van der Waals surface area contributed by atoms with Crippen LogP contribution < -0.4 is 11.1 Å². The maximum atomic E-state index is 14.5.